The zero-order chi connectivity index (χ0) is 24.0. The molecule has 0 atom stereocenters. The van der Waals surface area contributed by atoms with Crippen molar-refractivity contribution < 1.29 is 24.0 Å². The van der Waals surface area contributed by atoms with Crippen molar-refractivity contribution in [2.75, 3.05) is 38.2 Å². The van der Waals surface area contributed by atoms with Gasteiger partial charge in [0.1, 0.15) is 16.2 Å². The number of piperazine rings is 1. The topological polar surface area (TPSA) is 131 Å². The van der Waals surface area contributed by atoms with Gasteiger partial charge in [-0.05, 0) is 31.0 Å². The molecule has 1 aromatic carbocycles. The maximum atomic E-state index is 12.9. The van der Waals surface area contributed by atoms with Crippen LogP contribution in [0, 0.1) is 10.1 Å². The highest BCUT2D eigenvalue weighted by Crippen LogP contribution is 2.42. The number of carbonyl (C=O) groups is 1. The summed E-state index contributed by atoms with van der Waals surface area (Å²) in [4.78, 5) is 39.1. The van der Waals surface area contributed by atoms with Crippen molar-refractivity contribution in [3.05, 3.63) is 62.1 Å². The molecular weight excluding hydrogens is 444 g/mol. The first-order valence-electron chi connectivity index (χ1n) is 11.1. The molecule has 0 bridgehead atoms. The van der Waals surface area contributed by atoms with Gasteiger partial charge >= 0.3 is 11.9 Å². The quantitative estimate of drug-likeness (QED) is 0.411. The summed E-state index contributed by atoms with van der Waals surface area (Å²) in [7, 11) is 1.56. The van der Waals surface area contributed by atoms with Crippen molar-refractivity contribution in [2.24, 2.45) is 0 Å². The molecular formula is C23H24N4O7. The molecule has 0 amide bonds. The van der Waals surface area contributed by atoms with E-state index in [1.807, 2.05) is 10.6 Å². The molecule has 1 saturated carbocycles. The Morgan fingerprint density at radius 1 is 1.21 bits per heavy atom. The minimum atomic E-state index is -1.23. The number of aromatic carboxylic acids is 1. The molecule has 11 heteroatoms. The second kappa shape index (κ2) is 8.49. The van der Waals surface area contributed by atoms with Gasteiger partial charge in [0, 0.05) is 38.4 Å². The molecule has 11 nitrogen and oxygen atoms in total. The van der Waals surface area contributed by atoms with Crippen LogP contribution in [0.5, 0.6) is 5.75 Å². The molecule has 1 saturated heterocycles. The third-order valence-corrected chi connectivity index (χ3v) is 6.42. The average Bonchev–Trinajstić information content (AvgIpc) is 3.56. The van der Waals surface area contributed by atoms with Crippen LogP contribution in [0.1, 0.15) is 35.0 Å². The Hall–Kier alpha value is -3.86. The van der Waals surface area contributed by atoms with Gasteiger partial charge in [-0.3, -0.25) is 19.8 Å². The maximum absolute atomic E-state index is 12.9. The van der Waals surface area contributed by atoms with Crippen LogP contribution < -0.4 is 15.1 Å². The van der Waals surface area contributed by atoms with E-state index in [1.54, 1.807) is 19.2 Å². The number of fused-ring (bicyclic) bond motifs is 1. The molecule has 178 valence electrons. The van der Waals surface area contributed by atoms with Gasteiger partial charge < -0.3 is 23.7 Å². The Kier molecular flexibility index (Phi) is 5.48. The van der Waals surface area contributed by atoms with E-state index in [0.717, 1.165) is 18.5 Å². The van der Waals surface area contributed by atoms with Gasteiger partial charge in [0.25, 0.3) is 0 Å². The van der Waals surface area contributed by atoms with Crippen molar-refractivity contribution in [1.29, 1.82) is 0 Å². The Morgan fingerprint density at radius 2 is 1.94 bits per heavy atom. The maximum Gasteiger partial charge on any atom is 0.433 e. The summed E-state index contributed by atoms with van der Waals surface area (Å²) >= 11 is 0. The van der Waals surface area contributed by atoms with E-state index in [1.165, 1.54) is 12.3 Å². The van der Waals surface area contributed by atoms with Crippen LogP contribution in [0.3, 0.4) is 0 Å². The number of furan rings is 1. The van der Waals surface area contributed by atoms with Gasteiger partial charge in [-0.1, -0.05) is 0 Å². The second-order valence-electron chi connectivity index (χ2n) is 8.59. The minimum absolute atomic E-state index is 0.152. The molecule has 3 heterocycles. The first kappa shape index (κ1) is 22.0. The van der Waals surface area contributed by atoms with Crippen LogP contribution in [-0.2, 0) is 6.54 Å². The van der Waals surface area contributed by atoms with Crippen LogP contribution >= 0.6 is 0 Å². The Labute approximate surface area is 193 Å². The smallest absolute Gasteiger partial charge is 0.433 e. The molecule has 0 radical (unpaired) electrons. The van der Waals surface area contributed by atoms with Gasteiger partial charge in [0.2, 0.25) is 5.43 Å². The fourth-order valence-corrected chi connectivity index (χ4v) is 4.57. The molecule has 0 unspecified atom stereocenters. The number of methoxy groups -OCH3 is 1. The third kappa shape index (κ3) is 3.87. The van der Waals surface area contributed by atoms with Crippen LogP contribution in [-0.4, -0.2) is 58.8 Å². The summed E-state index contributed by atoms with van der Waals surface area (Å²) < 4.78 is 12.9. The first-order valence-corrected chi connectivity index (χ1v) is 11.1. The number of nitro groups is 1. The minimum Gasteiger partial charge on any atom is -0.492 e. The van der Waals surface area contributed by atoms with E-state index in [9.17, 15) is 24.8 Å². The molecule has 2 fully saturated rings. The SMILES string of the molecule is COc1c(N2CCN(Cc3ccc([N+](=O)[O-])o3)CC2)ccc2c(=O)c(C(=O)O)cn(C3CC3)c12. The van der Waals surface area contributed by atoms with E-state index in [0.29, 0.717) is 55.1 Å². The highest BCUT2D eigenvalue weighted by Gasteiger charge is 2.30. The monoisotopic (exact) mass is 468 g/mol. The van der Waals surface area contributed by atoms with E-state index in [2.05, 4.69) is 9.80 Å². The van der Waals surface area contributed by atoms with Crippen LogP contribution in [0.15, 0.2) is 39.7 Å². The number of benzene rings is 1. The highest BCUT2D eigenvalue weighted by molar-refractivity contribution is 5.97. The number of nitrogens with zero attached hydrogens (tertiary/aromatic N) is 4. The van der Waals surface area contributed by atoms with Gasteiger partial charge in [-0.2, -0.15) is 0 Å². The standard InChI is InChI=1S/C23H24N4O7/c1-33-22-18(25-10-8-24(9-11-25)12-15-4-7-19(34-15)27(31)32)6-5-16-20(22)26(14-2-3-14)13-17(21(16)28)23(29)30/h4-7,13-14H,2-3,8-12H2,1H3,(H,29,30). The zero-order valence-corrected chi connectivity index (χ0v) is 18.6. The molecule has 1 N–H and O–H groups in total. The van der Waals surface area contributed by atoms with Gasteiger partial charge in [-0.15, -0.1) is 0 Å². The summed E-state index contributed by atoms with van der Waals surface area (Å²) in [5, 5.41) is 20.7. The van der Waals surface area contributed by atoms with Crippen LogP contribution in [0.2, 0.25) is 0 Å². The summed E-state index contributed by atoms with van der Waals surface area (Å²) in [5.74, 6) is -0.385. The number of aromatic nitrogens is 1. The van der Waals surface area contributed by atoms with E-state index >= 15 is 0 Å². The molecule has 2 aromatic heterocycles. The largest absolute Gasteiger partial charge is 0.492 e. The molecule has 5 rings (SSSR count). The third-order valence-electron chi connectivity index (χ3n) is 6.42. The van der Waals surface area contributed by atoms with Crippen molar-refractivity contribution >= 4 is 28.4 Å². The van der Waals surface area contributed by atoms with Gasteiger partial charge in [0.15, 0.2) is 5.75 Å². The lowest BCUT2D eigenvalue weighted by Crippen LogP contribution is -2.46. The van der Waals surface area contributed by atoms with Crippen molar-refractivity contribution in [3.8, 4) is 5.75 Å². The number of ether oxygens (including phenoxy) is 1. The number of carboxylic acid groups (broad SMARTS) is 1. The normalized spacial score (nSPS) is 16.7. The summed E-state index contributed by atoms with van der Waals surface area (Å²) in [6, 6.07) is 6.64. The fraction of sp³-hybridized carbons (Fsp3) is 0.391. The molecule has 1 aliphatic heterocycles. The van der Waals surface area contributed by atoms with E-state index < -0.39 is 16.3 Å². The summed E-state index contributed by atoms with van der Waals surface area (Å²) in [6.07, 6.45) is 3.29. The fourth-order valence-electron chi connectivity index (χ4n) is 4.57. The van der Waals surface area contributed by atoms with Gasteiger partial charge in [0.05, 0.1) is 36.3 Å². The lowest BCUT2D eigenvalue weighted by Gasteiger charge is -2.36. The highest BCUT2D eigenvalue weighted by atomic mass is 16.6. The van der Waals surface area contributed by atoms with E-state index in [-0.39, 0.29) is 17.5 Å². The molecule has 2 aliphatic rings. The number of rotatable bonds is 7. The van der Waals surface area contributed by atoms with Crippen LogP contribution in [0.25, 0.3) is 10.9 Å². The molecule has 0 spiro atoms. The second-order valence-corrected chi connectivity index (χ2v) is 8.59. The van der Waals surface area contributed by atoms with Gasteiger partial charge in [-0.25, -0.2) is 4.79 Å². The Balaban J connectivity index is 1.42. The average molecular weight is 468 g/mol. The lowest BCUT2D eigenvalue weighted by atomic mass is 10.1. The number of carboxylic acids is 1. The molecule has 34 heavy (non-hydrogen) atoms. The van der Waals surface area contributed by atoms with Crippen molar-refractivity contribution in [2.45, 2.75) is 25.4 Å². The van der Waals surface area contributed by atoms with E-state index in [4.69, 9.17) is 9.15 Å². The first-order chi connectivity index (χ1) is 16.4. The summed E-state index contributed by atoms with van der Waals surface area (Å²) in [6.45, 7) is 3.28. The number of hydrogen-bond acceptors (Lipinski definition) is 8. The van der Waals surface area contributed by atoms with Crippen molar-refractivity contribution in [1.82, 2.24) is 9.47 Å². The number of pyridine rings is 1. The predicted octanol–water partition coefficient (Wildman–Crippen LogP) is 2.87. The van der Waals surface area contributed by atoms with Crippen molar-refractivity contribution in [3.63, 3.8) is 0 Å². The molecule has 1 aliphatic carbocycles. The summed E-state index contributed by atoms with van der Waals surface area (Å²) in [5.41, 5.74) is 0.727. The number of anilines is 1. The Bertz CT molecular complexity index is 1330. The van der Waals surface area contributed by atoms with Crippen LogP contribution in [0.4, 0.5) is 11.6 Å². The number of hydrogen-bond donors (Lipinski definition) is 1. The Morgan fingerprint density at radius 3 is 2.53 bits per heavy atom. The predicted molar refractivity (Wildman–Crippen MR) is 123 cm³/mol. The zero-order valence-electron chi connectivity index (χ0n) is 18.6. The molecule has 3 aromatic rings. The lowest BCUT2D eigenvalue weighted by molar-refractivity contribution is -0.402.